The number of hydrogen-bond acceptors (Lipinski definition) is 2. The number of rotatable bonds is 1. The highest BCUT2D eigenvalue weighted by atomic mass is 16.2. The molecule has 2 rings (SSSR count). The quantitative estimate of drug-likeness (QED) is 0.746. The normalized spacial score (nSPS) is 20.6. The van der Waals surface area contributed by atoms with Gasteiger partial charge in [0.25, 0.3) is 0 Å². The van der Waals surface area contributed by atoms with Crippen LogP contribution in [0.2, 0.25) is 0 Å². The molecule has 3 nitrogen and oxygen atoms in total. The number of hydrogen-bond donors (Lipinski definition) is 0. The summed E-state index contributed by atoms with van der Waals surface area (Å²) in [6.07, 6.45) is 3.90. The van der Waals surface area contributed by atoms with Gasteiger partial charge in [0.1, 0.15) is 0 Å². The summed E-state index contributed by atoms with van der Waals surface area (Å²) in [6.45, 7) is 6.78. The number of carbonyl (C=O) groups is 1. The summed E-state index contributed by atoms with van der Waals surface area (Å²) in [5.74, 6) is 0.227. The van der Waals surface area contributed by atoms with E-state index >= 15 is 0 Å². The van der Waals surface area contributed by atoms with Crippen LogP contribution in [0.1, 0.15) is 45.3 Å². The van der Waals surface area contributed by atoms with Gasteiger partial charge < -0.3 is 4.90 Å². The lowest BCUT2D eigenvalue weighted by Crippen LogP contribution is -2.39. The number of likely N-dealkylation sites (tertiary alicyclic amines) is 1. The third kappa shape index (κ3) is 2.48. The van der Waals surface area contributed by atoms with Crippen LogP contribution in [0, 0.1) is 5.41 Å². The van der Waals surface area contributed by atoms with E-state index in [4.69, 9.17) is 0 Å². The maximum Gasteiger partial charge on any atom is 0.228 e. The minimum absolute atomic E-state index is 0.169. The second-order valence-electron chi connectivity index (χ2n) is 5.66. The van der Waals surface area contributed by atoms with Crippen LogP contribution < -0.4 is 0 Å². The van der Waals surface area contributed by atoms with E-state index in [1.165, 1.54) is 0 Å². The second kappa shape index (κ2) is 4.47. The molecule has 1 saturated heterocycles. The molecule has 1 atom stereocenters. The number of nitrogens with zero attached hydrogens (tertiary/aromatic N) is 2. The molecule has 1 aromatic heterocycles. The van der Waals surface area contributed by atoms with E-state index < -0.39 is 0 Å². The molecule has 1 fully saturated rings. The first-order chi connectivity index (χ1) is 8.00. The Hall–Kier alpha value is -1.38. The molecule has 3 heteroatoms. The molecule has 17 heavy (non-hydrogen) atoms. The van der Waals surface area contributed by atoms with Gasteiger partial charge in [0.2, 0.25) is 5.91 Å². The fourth-order valence-corrected chi connectivity index (χ4v) is 2.32. The van der Waals surface area contributed by atoms with Crippen LogP contribution >= 0.6 is 0 Å². The zero-order chi connectivity index (χ0) is 12.5. The van der Waals surface area contributed by atoms with Crippen molar-refractivity contribution < 1.29 is 4.79 Å². The molecule has 0 radical (unpaired) electrons. The highest BCUT2D eigenvalue weighted by molar-refractivity contribution is 5.82. The third-order valence-corrected chi connectivity index (χ3v) is 3.18. The van der Waals surface area contributed by atoms with Gasteiger partial charge in [-0.25, -0.2) is 0 Å². The molecule has 2 heterocycles. The number of amides is 1. The summed E-state index contributed by atoms with van der Waals surface area (Å²) in [5.41, 5.74) is 0.708. The van der Waals surface area contributed by atoms with Gasteiger partial charge in [0.15, 0.2) is 0 Å². The van der Waals surface area contributed by atoms with E-state index in [9.17, 15) is 4.79 Å². The lowest BCUT2D eigenvalue weighted by molar-refractivity contribution is -0.140. The van der Waals surface area contributed by atoms with Crippen molar-refractivity contribution in [3.63, 3.8) is 0 Å². The molecule has 0 unspecified atom stereocenters. The van der Waals surface area contributed by atoms with Gasteiger partial charge >= 0.3 is 0 Å². The minimum atomic E-state index is -0.308. The van der Waals surface area contributed by atoms with E-state index in [-0.39, 0.29) is 17.4 Å². The Balaban J connectivity index is 2.22. The largest absolute Gasteiger partial charge is 0.334 e. The maximum absolute atomic E-state index is 12.3. The Morgan fingerprint density at radius 1 is 1.41 bits per heavy atom. The van der Waals surface area contributed by atoms with E-state index in [0.717, 1.165) is 25.1 Å². The summed E-state index contributed by atoms with van der Waals surface area (Å²) in [6, 6.07) is 6.08. The van der Waals surface area contributed by atoms with Crippen molar-refractivity contribution in [1.82, 2.24) is 9.88 Å². The average Bonchev–Trinajstić information content (AvgIpc) is 2.76. The average molecular weight is 232 g/mol. The fourth-order valence-electron chi connectivity index (χ4n) is 2.32. The Kier molecular flexibility index (Phi) is 3.18. The van der Waals surface area contributed by atoms with Gasteiger partial charge in [-0.1, -0.05) is 26.8 Å². The smallest absolute Gasteiger partial charge is 0.228 e. The Morgan fingerprint density at radius 3 is 2.76 bits per heavy atom. The van der Waals surface area contributed by atoms with E-state index in [2.05, 4.69) is 4.98 Å². The van der Waals surface area contributed by atoms with Gasteiger partial charge in [-0.3, -0.25) is 9.78 Å². The number of carbonyl (C=O) groups excluding carboxylic acids is 1. The first-order valence-electron chi connectivity index (χ1n) is 6.22. The van der Waals surface area contributed by atoms with Crippen LogP contribution in [-0.4, -0.2) is 22.3 Å². The van der Waals surface area contributed by atoms with E-state index in [1.807, 2.05) is 43.9 Å². The van der Waals surface area contributed by atoms with Crippen molar-refractivity contribution in [3.8, 4) is 0 Å². The van der Waals surface area contributed by atoms with Crippen molar-refractivity contribution in [1.29, 1.82) is 0 Å². The Bertz CT molecular complexity index is 394. The Morgan fingerprint density at radius 2 is 2.18 bits per heavy atom. The lowest BCUT2D eigenvalue weighted by Gasteiger charge is -2.30. The van der Waals surface area contributed by atoms with Gasteiger partial charge in [0, 0.05) is 18.2 Å². The minimum Gasteiger partial charge on any atom is -0.334 e. The molecule has 1 aliphatic rings. The lowest BCUT2D eigenvalue weighted by atomic mass is 9.94. The molecular formula is C14H20N2O. The van der Waals surface area contributed by atoms with Crippen LogP contribution in [0.4, 0.5) is 0 Å². The van der Waals surface area contributed by atoms with Crippen LogP contribution in [0.15, 0.2) is 24.4 Å². The van der Waals surface area contributed by atoms with Crippen LogP contribution in [0.25, 0.3) is 0 Å². The van der Waals surface area contributed by atoms with Crippen molar-refractivity contribution in [2.75, 3.05) is 6.54 Å². The highest BCUT2D eigenvalue weighted by Gasteiger charge is 2.36. The first-order valence-corrected chi connectivity index (χ1v) is 6.22. The fraction of sp³-hybridized carbons (Fsp3) is 0.571. The molecule has 0 N–H and O–H groups in total. The molecule has 0 aromatic carbocycles. The summed E-state index contributed by atoms with van der Waals surface area (Å²) in [5, 5.41) is 0. The molecule has 92 valence electrons. The maximum atomic E-state index is 12.3. The summed E-state index contributed by atoms with van der Waals surface area (Å²) in [7, 11) is 0. The third-order valence-electron chi connectivity index (χ3n) is 3.18. The molecule has 0 aliphatic carbocycles. The zero-order valence-electron chi connectivity index (χ0n) is 10.8. The van der Waals surface area contributed by atoms with Gasteiger partial charge in [-0.05, 0) is 25.0 Å². The SMILES string of the molecule is CC(C)(C)C(=O)N1CCC[C@@H]1c1ccccn1. The van der Waals surface area contributed by atoms with E-state index in [1.54, 1.807) is 6.20 Å². The molecule has 1 aromatic rings. The van der Waals surface area contributed by atoms with Crippen LogP contribution in [-0.2, 0) is 4.79 Å². The molecule has 1 amide bonds. The van der Waals surface area contributed by atoms with Crippen molar-refractivity contribution in [3.05, 3.63) is 30.1 Å². The Labute approximate surface area is 103 Å². The van der Waals surface area contributed by atoms with Crippen molar-refractivity contribution in [2.45, 2.75) is 39.7 Å². The molecule has 0 bridgehead atoms. The van der Waals surface area contributed by atoms with Crippen molar-refractivity contribution >= 4 is 5.91 Å². The van der Waals surface area contributed by atoms with Gasteiger partial charge in [-0.2, -0.15) is 0 Å². The van der Waals surface area contributed by atoms with Crippen LogP contribution in [0.5, 0.6) is 0 Å². The summed E-state index contributed by atoms with van der Waals surface area (Å²) >= 11 is 0. The van der Waals surface area contributed by atoms with Crippen molar-refractivity contribution in [2.24, 2.45) is 5.41 Å². The topological polar surface area (TPSA) is 33.2 Å². The second-order valence-corrected chi connectivity index (χ2v) is 5.66. The standard InChI is InChI=1S/C14H20N2O/c1-14(2,3)13(17)16-10-6-8-12(16)11-7-4-5-9-15-11/h4-5,7,9,12H,6,8,10H2,1-3H3/t12-/m1/s1. The van der Waals surface area contributed by atoms with Crippen LogP contribution in [0.3, 0.4) is 0 Å². The monoisotopic (exact) mass is 232 g/mol. The van der Waals surface area contributed by atoms with Gasteiger partial charge in [0.05, 0.1) is 11.7 Å². The highest BCUT2D eigenvalue weighted by Crippen LogP contribution is 2.34. The molecule has 0 saturated carbocycles. The first kappa shape index (κ1) is 12.1. The molecule has 1 aliphatic heterocycles. The summed E-state index contributed by atoms with van der Waals surface area (Å²) < 4.78 is 0. The van der Waals surface area contributed by atoms with Gasteiger partial charge in [-0.15, -0.1) is 0 Å². The molecular weight excluding hydrogens is 212 g/mol. The number of pyridine rings is 1. The zero-order valence-corrected chi connectivity index (χ0v) is 10.8. The number of aromatic nitrogens is 1. The predicted octanol–water partition coefficient (Wildman–Crippen LogP) is 2.79. The summed E-state index contributed by atoms with van der Waals surface area (Å²) in [4.78, 5) is 18.7. The molecule has 0 spiro atoms. The van der Waals surface area contributed by atoms with E-state index in [0.29, 0.717) is 0 Å². The predicted molar refractivity (Wildman–Crippen MR) is 67.4 cm³/mol.